The highest BCUT2D eigenvalue weighted by Gasteiger charge is 2.36. The van der Waals surface area contributed by atoms with Gasteiger partial charge in [0.1, 0.15) is 11.9 Å². The first-order valence-corrected chi connectivity index (χ1v) is 5.61. The zero-order valence-corrected chi connectivity index (χ0v) is 9.00. The lowest BCUT2D eigenvalue weighted by molar-refractivity contribution is -0.00215. The van der Waals surface area contributed by atoms with Crippen molar-refractivity contribution in [2.75, 3.05) is 0 Å². The lowest BCUT2D eigenvalue weighted by Gasteiger charge is -2.18. The predicted molar refractivity (Wildman–Crippen MR) is 56.2 cm³/mol. The summed E-state index contributed by atoms with van der Waals surface area (Å²) in [4.78, 5) is 4.12. The van der Waals surface area contributed by atoms with Gasteiger partial charge < -0.3 is 14.8 Å². The predicted octanol–water partition coefficient (Wildman–Crippen LogP) is 1.10. The molecule has 2 unspecified atom stereocenters. The summed E-state index contributed by atoms with van der Waals surface area (Å²) in [5.41, 5.74) is 0. The van der Waals surface area contributed by atoms with Gasteiger partial charge in [-0.3, -0.25) is 0 Å². The average molecular weight is 210 g/mol. The second kappa shape index (κ2) is 4.33. The lowest BCUT2D eigenvalue weighted by atomic mass is 10.1. The Hall–Kier alpha value is -0.870. The normalized spacial score (nSPS) is 20.2. The third-order valence-electron chi connectivity index (χ3n) is 2.91. The fourth-order valence-corrected chi connectivity index (χ4v) is 1.87. The maximum absolute atomic E-state index is 9.96. The van der Waals surface area contributed by atoms with Gasteiger partial charge in [0.2, 0.25) is 0 Å². The highest BCUT2D eigenvalue weighted by atomic mass is 16.3. The molecule has 1 aliphatic rings. The van der Waals surface area contributed by atoms with Crippen LogP contribution in [0.3, 0.4) is 0 Å². The van der Waals surface area contributed by atoms with Crippen LogP contribution in [0.25, 0.3) is 0 Å². The first kappa shape index (κ1) is 10.6. The fourth-order valence-electron chi connectivity index (χ4n) is 1.87. The molecule has 0 bridgehead atoms. The average Bonchev–Trinajstić information content (AvgIpc) is 2.98. The van der Waals surface area contributed by atoms with Crippen molar-refractivity contribution in [1.29, 1.82) is 0 Å². The topological polar surface area (TPSA) is 58.3 Å². The maximum Gasteiger partial charge on any atom is 0.140 e. The van der Waals surface area contributed by atoms with Crippen molar-refractivity contribution in [2.45, 2.75) is 44.9 Å². The number of rotatable bonds is 5. The largest absolute Gasteiger partial charge is 0.390 e. The quantitative estimate of drug-likeness (QED) is 0.765. The van der Waals surface area contributed by atoms with Crippen LogP contribution in [0.1, 0.15) is 38.1 Å². The van der Waals surface area contributed by atoms with Gasteiger partial charge in [-0.05, 0) is 25.2 Å². The zero-order valence-electron chi connectivity index (χ0n) is 9.00. The number of aliphatic hydroxyl groups excluding tert-OH is 2. The van der Waals surface area contributed by atoms with E-state index in [9.17, 15) is 10.2 Å². The Labute approximate surface area is 89.6 Å². The maximum atomic E-state index is 9.96. The van der Waals surface area contributed by atoms with Crippen LogP contribution in [-0.2, 0) is 6.54 Å². The lowest BCUT2D eigenvalue weighted by Crippen LogP contribution is -2.23. The van der Waals surface area contributed by atoms with Crippen LogP contribution in [0.2, 0.25) is 0 Å². The van der Waals surface area contributed by atoms with E-state index in [0.29, 0.717) is 5.82 Å². The van der Waals surface area contributed by atoms with Crippen LogP contribution < -0.4 is 0 Å². The van der Waals surface area contributed by atoms with Crippen molar-refractivity contribution in [2.24, 2.45) is 5.92 Å². The summed E-state index contributed by atoms with van der Waals surface area (Å²) in [6.07, 6.45) is 5.08. The van der Waals surface area contributed by atoms with E-state index < -0.39 is 12.2 Å². The summed E-state index contributed by atoms with van der Waals surface area (Å²) < 4.78 is 1.91. The number of imidazole rings is 1. The van der Waals surface area contributed by atoms with Crippen molar-refractivity contribution in [3.05, 3.63) is 18.2 Å². The molecule has 0 saturated heterocycles. The molecule has 0 radical (unpaired) electrons. The summed E-state index contributed by atoms with van der Waals surface area (Å²) in [5.74, 6) is 0.864. The number of hydrogen-bond donors (Lipinski definition) is 2. The number of aromatic nitrogens is 2. The first-order valence-electron chi connectivity index (χ1n) is 5.61. The summed E-state index contributed by atoms with van der Waals surface area (Å²) in [7, 11) is 0. The van der Waals surface area contributed by atoms with E-state index in [2.05, 4.69) is 11.9 Å². The Kier molecular flexibility index (Phi) is 3.07. The summed E-state index contributed by atoms with van der Waals surface area (Å²) in [6.45, 7) is 2.91. The SMILES string of the molecule is CCCn1ccnc1C(O)C(O)C1CC1. The van der Waals surface area contributed by atoms with E-state index in [-0.39, 0.29) is 5.92 Å². The van der Waals surface area contributed by atoms with Crippen LogP contribution in [0.15, 0.2) is 12.4 Å². The molecule has 1 saturated carbocycles. The van der Waals surface area contributed by atoms with Crippen molar-refractivity contribution in [1.82, 2.24) is 9.55 Å². The minimum atomic E-state index is -0.834. The second-order valence-electron chi connectivity index (χ2n) is 4.25. The van der Waals surface area contributed by atoms with E-state index in [1.165, 1.54) is 0 Å². The van der Waals surface area contributed by atoms with Crippen molar-refractivity contribution < 1.29 is 10.2 Å². The molecule has 4 nitrogen and oxygen atoms in total. The number of aryl methyl sites for hydroxylation is 1. The Balaban J connectivity index is 2.09. The van der Waals surface area contributed by atoms with Crippen LogP contribution in [0, 0.1) is 5.92 Å². The molecule has 0 aliphatic heterocycles. The molecule has 1 aliphatic carbocycles. The molecule has 1 fully saturated rings. The summed E-state index contributed by atoms with van der Waals surface area (Å²) in [6, 6.07) is 0. The number of nitrogens with zero attached hydrogens (tertiary/aromatic N) is 2. The first-order chi connectivity index (χ1) is 7.24. The van der Waals surface area contributed by atoms with Gasteiger partial charge in [-0.2, -0.15) is 0 Å². The van der Waals surface area contributed by atoms with Gasteiger partial charge in [0.05, 0.1) is 6.10 Å². The molecule has 15 heavy (non-hydrogen) atoms. The zero-order chi connectivity index (χ0) is 10.8. The molecule has 4 heteroatoms. The summed E-state index contributed by atoms with van der Waals surface area (Å²) >= 11 is 0. The van der Waals surface area contributed by atoms with Gasteiger partial charge in [0, 0.05) is 18.9 Å². The highest BCUT2D eigenvalue weighted by Crippen LogP contribution is 2.37. The van der Waals surface area contributed by atoms with E-state index >= 15 is 0 Å². The van der Waals surface area contributed by atoms with E-state index in [1.807, 2.05) is 10.8 Å². The molecule has 1 heterocycles. The smallest absolute Gasteiger partial charge is 0.140 e. The molecule has 0 aromatic carbocycles. The Morgan fingerprint density at radius 1 is 1.53 bits per heavy atom. The van der Waals surface area contributed by atoms with Crippen LogP contribution in [-0.4, -0.2) is 25.9 Å². The van der Waals surface area contributed by atoms with Crippen molar-refractivity contribution in [3.8, 4) is 0 Å². The summed E-state index contributed by atoms with van der Waals surface area (Å²) in [5, 5.41) is 19.8. The highest BCUT2D eigenvalue weighted by molar-refractivity contribution is 5.01. The van der Waals surface area contributed by atoms with Crippen LogP contribution in [0.5, 0.6) is 0 Å². The van der Waals surface area contributed by atoms with Crippen LogP contribution >= 0.6 is 0 Å². The van der Waals surface area contributed by atoms with Gasteiger partial charge in [-0.25, -0.2) is 4.98 Å². The molecule has 2 atom stereocenters. The minimum absolute atomic E-state index is 0.270. The Morgan fingerprint density at radius 2 is 2.27 bits per heavy atom. The van der Waals surface area contributed by atoms with E-state index in [4.69, 9.17) is 0 Å². The van der Waals surface area contributed by atoms with Gasteiger partial charge in [0.15, 0.2) is 0 Å². The Morgan fingerprint density at radius 3 is 2.87 bits per heavy atom. The third-order valence-corrected chi connectivity index (χ3v) is 2.91. The van der Waals surface area contributed by atoms with Crippen LogP contribution in [0.4, 0.5) is 0 Å². The minimum Gasteiger partial charge on any atom is -0.390 e. The number of hydrogen-bond acceptors (Lipinski definition) is 3. The third kappa shape index (κ3) is 2.21. The van der Waals surface area contributed by atoms with E-state index in [1.54, 1.807) is 6.20 Å². The fraction of sp³-hybridized carbons (Fsp3) is 0.727. The van der Waals surface area contributed by atoms with Crippen molar-refractivity contribution >= 4 is 0 Å². The molecule has 0 amide bonds. The Bertz CT molecular complexity index is 320. The molecule has 84 valence electrons. The van der Waals surface area contributed by atoms with Gasteiger partial charge in [-0.15, -0.1) is 0 Å². The van der Waals surface area contributed by atoms with Crippen molar-refractivity contribution in [3.63, 3.8) is 0 Å². The molecular weight excluding hydrogens is 192 g/mol. The second-order valence-corrected chi connectivity index (χ2v) is 4.25. The van der Waals surface area contributed by atoms with Gasteiger partial charge in [0.25, 0.3) is 0 Å². The molecule has 1 aromatic heterocycles. The molecule has 1 aromatic rings. The van der Waals surface area contributed by atoms with E-state index in [0.717, 1.165) is 25.8 Å². The monoisotopic (exact) mass is 210 g/mol. The molecule has 0 spiro atoms. The standard InChI is InChI=1S/C11H18N2O2/c1-2-6-13-7-5-12-11(13)10(15)9(14)8-3-4-8/h5,7-10,14-15H,2-4,6H2,1H3. The van der Waals surface area contributed by atoms with Gasteiger partial charge in [-0.1, -0.05) is 6.92 Å². The molecule has 2 N–H and O–H groups in total. The molecular formula is C11H18N2O2. The number of aliphatic hydroxyl groups is 2. The molecule has 2 rings (SSSR count). The van der Waals surface area contributed by atoms with Gasteiger partial charge >= 0.3 is 0 Å².